The normalized spacial score (nSPS) is 11.6. The Hall–Kier alpha value is -2.02. The van der Waals surface area contributed by atoms with Crippen LogP contribution in [0.1, 0.15) is 37.3 Å². The zero-order valence-electron chi connectivity index (χ0n) is 10.7. The molecule has 0 saturated heterocycles. The van der Waals surface area contributed by atoms with Gasteiger partial charge < -0.3 is 10.4 Å². The highest BCUT2D eigenvalue weighted by Gasteiger charge is 2.09. The lowest BCUT2D eigenvalue weighted by atomic mass is 10.1. The summed E-state index contributed by atoms with van der Waals surface area (Å²) in [6.07, 6.45) is 1.59. The van der Waals surface area contributed by atoms with Gasteiger partial charge in [-0.3, -0.25) is 4.79 Å². The summed E-state index contributed by atoms with van der Waals surface area (Å²) in [7, 11) is 0. The predicted octanol–water partition coefficient (Wildman–Crippen LogP) is 2.92. The standard InChI is InChI=1S/C14H18N2O2/c1-10-5-3-7-12(9-15)14(10)16-11(2)6-4-8-13(17)18/h3,5,7,11,16H,4,6,8H2,1-2H3,(H,17,18). The fourth-order valence-electron chi connectivity index (χ4n) is 1.83. The molecule has 0 aliphatic rings. The molecule has 4 heteroatoms. The third kappa shape index (κ3) is 4.10. The van der Waals surface area contributed by atoms with Gasteiger partial charge in [0.05, 0.1) is 11.3 Å². The first-order valence-electron chi connectivity index (χ1n) is 6.02. The van der Waals surface area contributed by atoms with E-state index in [0.717, 1.165) is 17.7 Å². The minimum absolute atomic E-state index is 0.151. The molecule has 2 N–H and O–H groups in total. The molecular formula is C14H18N2O2. The highest BCUT2D eigenvalue weighted by molar-refractivity contribution is 5.66. The highest BCUT2D eigenvalue weighted by atomic mass is 16.4. The second kappa shape index (κ2) is 6.65. The van der Waals surface area contributed by atoms with Gasteiger partial charge in [0, 0.05) is 12.5 Å². The largest absolute Gasteiger partial charge is 0.481 e. The summed E-state index contributed by atoms with van der Waals surface area (Å²) in [5.41, 5.74) is 2.50. The quantitative estimate of drug-likeness (QED) is 0.809. The number of nitrogens with one attached hydrogen (secondary N) is 1. The van der Waals surface area contributed by atoms with Crippen LogP contribution in [-0.2, 0) is 4.79 Å². The molecule has 1 rings (SSSR count). The molecule has 0 aromatic heterocycles. The second-order valence-electron chi connectivity index (χ2n) is 4.44. The number of para-hydroxylation sites is 1. The summed E-state index contributed by atoms with van der Waals surface area (Å²) in [6.45, 7) is 3.95. The van der Waals surface area contributed by atoms with Crippen molar-refractivity contribution in [1.82, 2.24) is 0 Å². The first kappa shape index (κ1) is 14.0. The van der Waals surface area contributed by atoms with Crippen LogP contribution in [0, 0.1) is 18.3 Å². The first-order valence-corrected chi connectivity index (χ1v) is 6.02. The van der Waals surface area contributed by atoms with E-state index < -0.39 is 5.97 Å². The van der Waals surface area contributed by atoms with E-state index in [1.54, 1.807) is 6.07 Å². The SMILES string of the molecule is Cc1cccc(C#N)c1NC(C)CCCC(=O)O. The summed E-state index contributed by atoms with van der Waals surface area (Å²) in [5, 5.41) is 20.9. The zero-order valence-corrected chi connectivity index (χ0v) is 10.7. The Bertz CT molecular complexity index is 463. The van der Waals surface area contributed by atoms with Gasteiger partial charge in [-0.05, 0) is 38.3 Å². The van der Waals surface area contributed by atoms with Crippen molar-refractivity contribution in [2.75, 3.05) is 5.32 Å². The average Bonchev–Trinajstić information content (AvgIpc) is 2.31. The zero-order chi connectivity index (χ0) is 13.5. The van der Waals surface area contributed by atoms with E-state index in [1.165, 1.54) is 0 Å². The number of nitriles is 1. The van der Waals surface area contributed by atoms with Gasteiger partial charge >= 0.3 is 5.97 Å². The molecule has 4 nitrogen and oxygen atoms in total. The maximum absolute atomic E-state index is 10.4. The van der Waals surface area contributed by atoms with Gasteiger partial charge in [0.2, 0.25) is 0 Å². The molecule has 0 heterocycles. The van der Waals surface area contributed by atoms with Crippen molar-refractivity contribution in [3.05, 3.63) is 29.3 Å². The number of nitrogens with zero attached hydrogens (tertiary/aromatic N) is 1. The smallest absolute Gasteiger partial charge is 0.303 e. The molecule has 18 heavy (non-hydrogen) atoms. The Morgan fingerprint density at radius 2 is 2.28 bits per heavy atom. The Morgan fingerprint density at radius 1 is 1.56 bits per heavy atom. The molecule has 0 aliphatic heterocycles. The Labute approximate surface area is 107 Å². The molecule has 96 valence electrons. The number of aliphatic carboxylic acids is 1. The number of hydrogen-bond acceptors (Lipinski definition) is 3. The molecule has 0 spiro atoms. The third-order valence-electron chi connectivity index (χ3n) is 2.81. The van der Waals surface area contributed by atoms with Gasteiger partial charge in [-0.15, -0.1) is 0 Å². The van der Waals surface area contributed by atoms with Crippen LogP contribution >= 0.6 is 0 Å². The maximum Gasteiger partial charge on any atom is 0.303 e. The van der Waals surface area contributed by atoms with Crippen molar-refractivity contribution >= 4 is 11.7 Å². The van der Waals surface area contributed by atoms with Crippen LogP contribution in [0.25, 0.3) is 0 Å². The van der Waals surface area contributed by atoms with Gasteiger partial charge in [-0.1, -0.05) is 12.1 Å². The van der Waals surface area contributed by atoms with Gasteiger partial charge in [0.25, 0.3) is 0 Å². The van der Waals surface area contributed by atoms with Crippen LogP contribution < -0.4 is 5.32 Å². The van der Waals surface area contributed by atoms with Crippen molar-refractivity contribution in [3.8, 4) is 6.07 Å². The molecule has 0 radical (unpaired) electrons. The van der Waals surface area contributed by atoms with Crippen LogP contribution in [0.4, 0.5) is 5.69 Å². The van der Waals surface area contributed by atoms with Gasteiger partial charge in [0.15, 0.2) is 0 Å². The fourth-order valence-corrected chi connectivity index (χ4v) is 1.83. The van der Waals surface area contributed by atoms with Crippen molar-refractivity contribution in [2.45, 2.75) is 39.2 Å². The maximum atomic E-state index is 10.4. The molecule has 0 bridgehead atoms. The molecule has 1 unspecified atom stereocenters. The molecular weight excluding hydrogens is 228 g/mol. The number of carboxylic acid groups (broad SMARTS) is 1. The van der Waals surface area contributed by atoms with Crippen molar-refractivity contribution in [2.24, 2.45) is 0 Å². The lowest BCUT2D eigenvalue weighted by Crippen LogP contribution is -2.17. The molecule has 0 fully saturated rings. The number of carbonyl (C=O) groups is 1. The average molecular weight is 246 g/mol. The van der Waals surface area contributed by atoms with E-state index in [0.29, 0.717) is 12.0 Å². The fraction of sp³-hybridized carbons (Fsp3) is 0.429. The van der Waals surface area contributed by atoms with Crippen molar-refractivity contribution in [3.63, 3.8) is 0 Å². The van der Waals surface area contributed by atoms with Gasteiger partial charge in [0.1, 0.15) is 6.07 Å². The first-order chi connectivity index (χ1) is 8.54. The summed E-state index contributed by atoms with van der Waals surface area (Å²) in [4.78, 5) is 10.4. The summed E-state index contributed by atoms with van der Waals surface area (Å²) in [5.74, 6) is -0.768. The summed E-state index contributed by atoms with van der Waals surface area (Å²) >= 11 is 0. The van der Waals surface area contributed by atoms with E-state index in [2.05, 4.69) is 11.4 Å². The molecule has 0 saturated carbocycles. The summed E-state index contributed by atoms with van der Waals surface area (Å²) in [6, 6.07) is 7.89. The van der Waals surface area contributed by atoms with E-state index in [9.17, 15) is 4.79 Å². The molecule has 0 aliphatic carbocycles. The number of carboxylic acids is 1. The minimum atomic E-state index is -0.768. The Balaban J connectivity index is 2.62. The van der Waals surface area contributed by atoms with E-state index in [1.807, 2.05) is 26.0 Å². The third-order valence-corrected chi connectivity index (χ3v) is 2.81. The van der Waals surface area contributed by atoms with Crippen molar-refractivity contribution in [1.29, 1.82) is 5.26 Å². The van der Waals surface area contributed by atoms with E-state index in [4.69, 9.17) is 10.4 Å². The van der Waals surface area contributed by atoms with Crippen molar-refractivity contribution < 1.29 is 9.90 Å². The molecule has 0 amide bonds. The predicted molar refractivity (Wildman–Crippen MR) is 70.5 cm³/mol. The Morgan fingerprint density at radius 3 is 2.89 bits per heavy atom. The lowest BCUT2D eigenvalue weighted by Gasteiger charge is -2.17. The van der Waals surface area contributed by atoms with Crippen LogP contribution in [0.15, 0.2) is 18.2 Å². The van der Waals surface area contributed by atoms with Crippen LogP contribution in [-0.4, -0.2) is 17.1 Å². The van der Waals surface area contributed by atoms with Crippen LogP contribution in [0.2, 0.25) is 0 Å². The summed E-state index contributed by atoms with van der Waals surface area (Å²) < 4.78 is 0. The van der Waals surface area contributed by atoms with Crippen LogP contribution in [0.3, 0.4) is 0 Å². The number of benzene rings is 1. The monoisotopic (exact) mass is 246 g/mol. The van der Waals surface area contributed by atoms with Gasteiger partial charge in [-0.2, -0.15) is 5.26 Å². The van der Waals surface area contributed by atoms with Gasteiger partial charge in [-0.25, -0.2) is 0 Å². The second-order valence-corrected chi connectivity index (χ2v) is 4.44. The molecule has 1 aromatic carbocycles. The number of hydrogen-bond donors (Lipinski definition) is 2. The highest BCUT2D eigenvalue weighted by Crippen LogP contribution is 2.21. The van der Waals surface area contributed by atoms with E-state index in [-0.39, 0.29) is 12.5 Å². The topological polar surface area (TPSA) is 73.1 Å². The van der Waals surface area contributed by atoms with Crippen LogP contribution in [0.5, 0.6) is 0 Å². The number of aryl methyl sites for hydroxylation is 1. The number of rotatable bonds is 6. The molecule has 1 aromatic rings. The number of anilines is 1. The lowest BCUT2D eigenvalue weighted by molar-refractivity contribution is -0.137. The minimum Gasteiger partial charge on any atom is -0.481 e. The molecule has 1 atom stereocenters. The van der Waals surface area contributed by atoms with E-state index >= 15 is 0 Å². The Kier molecular flexibility index (Phi) is 5.19.